The van der Waals surface area contributed by atoms with Crippen molar-refractivity contribution in [1.29, 1.82) is 0 Å². The summed E-state index contributed by atoms with van der Waals surface area (Å²) in [5.74, 6) is -0.131. The highest BCUT2D eigenvalue weighted by Gasteiger charge is 2.28. The largest absolute Gasteiger partial charge is 0.496 e. The van der Waals surface area contributed by atoms with Crippen LogP contribution in [0.2, 0.25) is 0 Å². The number of carbonyl (C=O) groups is 2. The maximum atomic E-state index is 11.9. The highest BCUT2D eigenvalue weighted by atomic mass is 79.9. The average Bonchev–Trinajstić information content (AvgIpc) is 2.75. The summed E-state index contributed by atoms with van der Waals surface area (Å²) < 4.78 is 10.7. The first-order valence-electron chi connectivity index (χ1n) is 5.43. The fourth-order valence-corrected chi connectivity index (χ4v) is 2.08. The van der Waals surface area contributed by atoms with Gasteiger partial charge in [0.1, 0.15) is 11.8 Å². The first kappa shape index (κ1) is 12.9. The smallest absolute Gasteiger partial charge is 0.328 e. The van der Waals surface area contributed by atoms with E-state index in [2.05, 4.69) is 21.2 Å². The van der Waals surface area contributed by atoms with Crippen molar-refractivity contribution in [3.8, 4) is 5.75 Å². The van der Waals surface area contributed by atoms with Crippen molar-refractivity contribution in [2.75, 3.05) is 13.7 Å². The van der Waals surface area contributed by atoms with Gasteiger partial charge in [0.25, 0.3) is 5.91 Å². The number of hydrogen-bond acceptors (Lipinski definition) is 4. The maximum absolute atomic E-state index is 11.9. The minimum absolute atomic E-state index is 0.315. The van der Waals surface area contributed by atoms with Crippen LogP contribution in [0, 0.1) is 0 Å². The minimum atomic E-state index is -0.549. The quantitative estimate of drug-likeness (QED) is 0.859. The summed E-state index contributed by atoms with van der Waals surface area (Å²) >= 11 is 3.31. The Bertz CT molecular complexity index is 489. The van der Waals surface area contributed by atoms with Gasteiger partial charge in [0.15, 0.2) is 0 Å². The third-order valence-electron chi connectivity index (χ3n) is 2.65. The lowest BCUT2D eigenvalue weighted by Crippen LogP contribution is -2.37. The Hall–Kier alpha value is -1.56. The normalized spacial score (nSPS) is 18.3. The number of carbonyl (C=O) groups excluding carboxylic acids is 2. The van der Waals surface area contributed by atoms with E-state index in [0.717, 1.165) is 4.47 Å². The SMILES string of the molecule is COc1cc(C(=O)N[C@H]2CCOC2=O)ccc1Br. The molecule has 2 rings (SSSR count). The number of halogens is 1. The molecule has 6 heteroatoms. The predicted octanol–water partition coefficient (Wildman–Crippen LogP) is 1.50. The molecule has 1 aromatic rings. The second-order valence-electron chi connectivity index (χ2n) is 3.83. The lowest BCUT2D eigenvalue weighted by Gasteiger charge is -2.10. The van der Waals surface area contributed by atoms with Crippen LogP contribution in [0.15, 0.2) is 22.7 Å². The topological polar surface area (TPSA) is 64.6 Å². The van der Waals surface area contributed by atoms with Gasteiger partial charge < -0.3 is 14.8 Å². The lowest BCUT2D eigenvalue weighted by atomic mass is 10.1. The molecule has 1 aliphatic heterocycles. The molecule has 1 amide bonds. The Kier molecular flexibility index (Phi) is 3.86. The molecular formula is C12H12BrNO4. The molecule has 0 spiro atoms. The molecule has 1 saturated heterocycles. The van der Waals surface area contributed by atoms with Crippen molar-refractivity contribution in [1.82, 2.24) is 5.32 Å². The van der Waals surface area contributed by atoms with Gasteiger partial charge in [-0.2, -0.15) is 0 Å². The molecule has 1 fully saturated rings. The van der Waals surface area contributed by atoms with E-state index in [-0.39, 0.29) is 11.9 Å². The van der Waals surface area contributed by atoms with Gasteiger partial charge in [-0.15, -0.1) is 0 Å². The summed E-state index contributed by atoms with van der Waals surface area (Å²) in [6.07, 6.45) is 0.512. The van der Waals surface area contributed by atoms with Crippen LogP contribution in [0.4, 0.5) is 0 Å². The minimum Gasteiger partial charge on any atom is -0.496 e. The van der Waals surface area contributed by atoms with Gasteiger partial charge in [0, 0.05) is 12.0 Å². The monoisotopic (exact) mass is 313 g/mol. The summed E-state index contributed by atoms with van der Waals surface area (Å²) in [5.41, 5.74) is 0.440. The molecule has 5 nitrogen and oxygen atoms in total. The first-order valence-corrected chi connectivity index (χ1v) is 6.22. The van der Waals surface area contributed by atoms with E-state index in [9.17, 15) is 9.59 Å². The lowest BCUT2D eigenvalue weighted by molar-refractivity contribution is -0.139. The van der Waals surface area contributed by atoms with Crippen molar-refractivity contribution in [2.24, 2.45) is 0 Å². The number of esters is 1. The number of cyclic esters (lactones) is 1. The molecule has 1 aromatic carbocycles. The predicted molar refractivity (Wildman–Crippen MR) is 67.5 cm³/mol. The van der Waals surface area contributed by atoms with E-state index < -0.39 is 6.04 Å². The van der Waals surface area contributed by atoms with E-state index in [1.54, 1.807) is 18.2 Å². The fourth-order valence-electron chi connectivity index (χ4n) is 1.67. The van der Waals surface area contributed by atoms with Crippen LogP contribution >= 0.6 is 15.9 Å². The third-order valence-corrected chi connectivity index (χ3v) is 3.31. The van der Waals surface area contributed by atoms with Gasteiger partial charge in [-0.1, -0.05) is 0 Å². The Balaban J connectivity index is 2.11. The van der Waals surface area contributed by atoms with Crippen LogP contribution in [-0.4, -0.2) is 31.6 Å². The van der Waals surface area contributed by atoms with E-state index in [1.807, 2.05) is 0 Å². The average molecular weight is 314 g/mol. The maximum Gasteiger partial charge on any atom is 0.328 e. The third kappa shape index (κ3) is 2.64. The van der Waals surface area contributed by atoms with Gasteiger partial charge in [-0.25, -0.2) is 4.79 Å². The second-order valence-corrected chi connectivity index (χ2v) is 4.69. The Morgan fingerprint density at radius 3 is 2.94 bits per heavy atom. The number of methoxy groups -OCH3 is 1. The van der Waals surface area contributed by atoms with E-state index in [4.69, 9.17) is 9.47 Å². The van der Waals surface area contributed by atoms with Crippen molar-refractivity contribution >= 4 is 27.8 Å². The first-order chi connectivity index (χ1) is 8.61. The Morgan fingerprint density at radius 1 is 1.56 bits per heavy atom. The molecule has 0 aliphatic carbocycles. The second kappa shape index (κ2) is 5.39. The zero-order valence-electron chi connectivity index (χ0n) is 9.73. The number of amides is 1. The molecular weight excluding hydrogens is 302 g/mol. The van der Waals surface area contributed by atoms with Gasteiger partial charge in [-0.3, -0.25) is 4.79 Å². The summed E-state index contributed by atoms with van der Waals surface area (Å²) in [7, 11) is 1.52. The van der Waals surface area contributed by atoms with Crippen LogP contribution in [0.25, 0.3) is 0 Å². The summed E-state index contributed by atoms with van der Waals surface area (Å²) in [4.78, 5) is 23.2. The van der Waals surface area contributed by atoms with Gasteiger partial charge in [0.05, 0.1) is 18.2 Å². The van der Waals surface area contributed by atoms with Crippen molar-refractivity contribution < 1.29 is 19.1 Å². The van der Waals surface area contributed by atoms with Crippen LogP contribution in [0.1, 0.15) is 16.8 Å². The summed E-state index contributed by atoms with van der Waals surface area (Å²) in [5, 5.41) is 2.63. The molecule has 1 aliphatic rings. The van der Waals surface area contributed by atoms with Crippen LogP contribution in [0.3, 0.4) is 0 Å². The molecule has 18 heavy (non-hydrogen) atoms. The number of rotatable bonds is 3. The molecule has 0 unspecified atom stereocenters. The molecule has 1 heterocycles. The van der Waals surface area contributed by atoms with Crippen molar-refractivity contribution in [2.45, 2.75) is 12.5 Å². The molecule has 96 valence electrons. The Labute approximate surface area is 113 Å². The molecule has 0 radical (unpaired) electrons. The van der Waals surface area contributed by atoms with E-state index >= 15 is 0 Å². The summed E-state index contributed by atoms with van der Waals surface area (Å²) in [6.45, 7) is 0.355. The van der Waals surface area contributed by atoms with Crippen LogP contribution in [-0.2, 0) is 9.53 Å². The Morgan fingerprint density at radius 2 is 2.33 bits per heavy atom. The zero-order chi connectivity index (χ0) is 13.1. The molecule has 1 N–H and O–H groups in total. The van der Waals surface area contributed by atoms with E-state index in [0.29, 0.717) is 24.3 Å². The number of benzene rings is 1. The van der Waals surface area contributed by atoms with Crippen LogP contribution in [0.5, 0.6) is 5.75 Å². The molecule has 1 atom stereocenters. The zero-order valence-corrected chi connectivity index (χ0v) is 11.3. The molecule has 0 aromatic heterocycles. The summed E-state index contributed by atoms with van der Waals surface area (Å²) in [6, 6.07) is 4.44. The standard InChI is InChI=1S/C12H12BrNO4/c1-17-10-6-7(2-3-8(10)13)11(15)14-9-4-5-18-12(9)16/h2-3,6,9H,4-5H2,1H3,(H,14,15)/t9-/m0/s1. The van der Waals surface area contributed by atoms with Gasteiger partial charge in [-0.05, 0) is 34.1 Å². The van der Waals surface area contributed by atoms with Crippen LogP contribution < -0.4 is 10.1 Å². The van der Waals surface area contributed by atoms with Crippen molar-refractivity contribution in [3.05, 3.63) is 28.2 Å². The number of hydrogen-bond donors (Lipinski definition) is 1. The molecule has 0 bridgehead atoms. The number of ether oxygens (including phenoxy) is 2. The fraction of sp³-hybridized carbons (Fsp3) is 0.333. The van der Waals surface area contributed by atoms with E-state index in [1.165, 1.54) is 7.11 Å². The van der Waals surface area contributed by atoms with Gasteiger partial charge in [0.2, 0.25) is 0 Å². The number of nitrogens with one attached hydrogen (secondary N) is 1. The van der Waals surface area contributed by atoms with Crippen molar-refractivity contribution in [3.63, 3.8) is 0 Å². The highest BCUT2D eigenvalue weighted by Crippen LogP contribution is 2.25. The molecule has 0 saturated carbocycles. The highest BCUT2D eigenvalue weighted by molar-refractivity contribution is 9.10. The van der Waals surface area contributed by atoms with Gasteiger partial charge >= 0.3 is 5.97 Å².